The van der Waals surface area contributed by atoms with E-state index in [9.17, 15) is 14.0 Å². The maximum Gasteiger partial charge on any atom is 0.173 e. The zero-order chi connectivity index (χ0) is 15.2. The van der Waals surface area contributed by atoms with Crippen molar-refractivity contribution in [1.29, 1.82) is 0 Å². The minimum Gasteiger partial charge on any atom is -0.300 e. The molecule has 0 unspecified atom stereocenters. The van der Waals surface area contributed by atoms with Crippen molar-refractivity contribution in [2.45, 2.75) is 32.6 Å². The maximum absolute atomic E-state index is 13.1. The van der Waals surface area contributed by atoms with Crippen LogP contribution in [0.5, 0.6) is 0 Å². The Hall–Kier alpha value is -1.81. The van der Waals surface area contributed by atoms with Gasteiger partial charge < -0.3 is 0 Å². The number of thiophene rings is 1. The van der Waals surface area contributed by atoms with E-state index >= 15 is 0 Å². The normalized spacial score (nSPS) is 10.6. The van der Waals surface area contributed by atoms with E-state index in [1.807, 2.05) is 17.5 Å². The summed E-state index contributed by atoms with van der Waals surface area (Å²) in [5.41, 5.74) is 1.72. The van der Waals surface area contributed by atoms with Crippen LogP contribution in [0, 0.1) is 5.82 Å². The van der Waals surface area contributed by atoms with Crippen molar-refractivity contribution in [3.05, 3.63) is 57.5 Å². The van der Waals surface area contributed by atoms with Gasteiger partial charge in [0.05, 0.1) is 4.88 Å². The maximum atomic E-state index is 13.1. The first-order valence-corrected chi connectivity index (χ1v) is 7.77. The molecule has 1 aromatic carbocycles. The molecule has 1 aromatic heterocycles. The van der Waals surface area contributed by atoms with Gasteiger partial charge in [-0.25, -0.2) is 4.39 Å². The van der Waals surface area contributed by atoms with Crippen LogP contribution < -0.4 is 0 Å². The molecule has 0 N–H and O–H groups in total. The molecule has 0 fully saturated rings. The molecule has 0 amide bonds. The first kappa shape index (κ1) is 15.6. The SMILES string of the molecule is CC(=O)Cc1ccsc1C(=O)CCCc1cccc(F)c1. The standard InChI is InChI=1S/C17H17FO2S/c1-12(19)10-14-8-9-21-17(14)16(20)7-3-5-13-4-2-6-15(18)11-13/h2,4,6,8-9,11H,3,5,7,10H2,1H3. The van der Waals surface area contributed by atoms with Gasteiger partial charge in [-0.3, -0.25) is 9.59 Å². The molecule has 0 saturated carbocycles. The molecule has 0 radical (unpaired) electrons. The number of halogens is 1. The van der Waals surface area contributed by atoms with Crippen LogP contribution in [-0.4, -0.2) is 11.6 Å². The molecular formula is C17H17FO2S. The molecule has 0 bridgehead atoms. The quantitative estimate of drug-likeness (QED) is 0.718. The average Bonchev–Trinajstić information content (AvgIpc) is 2.86. The highest BCUT2D eigenvalue weighted by Gasteiger charge is 2.14. The van der Waals surface area contributed by atoms with Gasteiger partial charge in [-0.15, -0.1) is 11.3 Å². The fourth-order valence-electron chi connectivity index (χ4n) is 2.25. The molecule has 0 saturated heterocycles. The molecule has 0 aliphatic heterocycles. The second-order valence-electron chi connectivity index (χ2n) is 5.06. The molecule has 2 rings (SSSR count). The molecule has 4 heteroatoms. The molecule has 2 nitrogen and oxygen atoms in total. The summed E-state index contributed by atoms with van der Waals surface area (Å²) in [6, 6.07) is 8.29. The van der Waals surface area contributed by atoms with Gasteiger partial charge in [0.25, 0.3) is 0 Å². The Labute approximate surface area is 127 Å². The molecule has 2 aromatic rings. The largest absolute Gasteiger partial charge is 0.300 e. The van der Waals surface area contributed by atoms with Crippen LogP contribution in [0.1, 0.15) is 40.6 Å². The summed E-state index contributed by atoms with van der Waals surface area (Å²) in [6.45, 7) is 1.52. The van der Waals surface area contributed by atoms with Crippen molar-refractivity contribution in [2.75, 3.05) is 0 Å². The molecule has 0 atom stereocenters. The number of hydrogen-bond donors (Lipinski definition) is 0. The van der Waals surface area contributed by atoms with Crippen LogP contribution in [0.4, 0.5) is 4.39 Å². The first-order chi connectivity index (χ1) is 10.1. The summed E-state index contributed by atoms with van der Waals surface area (Å²) >= 11 is 1.39. The Bertz CT molecular complexity index is 646. The van der Waals surface area contributed by atoms with Crippen LogP contribution >= 0.6 is 11.3 Å². The van der Waals surface area contributed by atoms with Crippen molar-refractivity contribution >= 4 is 22.9 Å². The predicted molar refractivity (Wildman–Crippen MR) is 82.4 cm³/mol. The van der Waals surface area contributed by atoms with Crippen LogP contribution in [0.15, 0.2) is 35.7 Å². The van der Waals surface area contributed by atoms with Crippen LogP contribution in [0.2, 0.25) is 0 Å². The zero-order valence-electron chi connectivity index (χ0n) is 11.9. The van der Waals surface area contributed by atoms with Gasteiger partial charge in [0.15, 0.2) is 5.78 Å². The highest BCUT2D eigenvalue weighted by Crippen LogP contribution is 2.21. The highest BCUT2D eigenvalue weighted by molar-refractivity contribution is 7.12. The van der Waals surface area contributed by atoms with Gasteiger partial charge in [0.2, 0.25) is 0 Å². The van der Waals surface area contributed by atoms with Gasteiger partial charge in [0.1, 0.15) is 11.6 Å². The summed E-state index contributed by atoms with van der Waals surface area (Å²) in [5, 5.41) is 1.85. The summed E-state index contributed by atoms with van der Waals surface area (Å²) in [6.07, 6.45) is 2.09. The fourth-order valence-corrected chi connectivity index (χ4v) is 3.14. The Kier molecular flexibility index (Phi) is 5.39. The number of carbonyl (C=O) groups excluding carboxylic acids is 2. The third-order valence-electron chi connectivity index (χ3n) is 3.20. The lowest BCUT2D eigenvalue weighted by Gasteiger charge is -2.03. The number of hydrogen-bond acceptors (Lipinski definition) is 3. The molecule has 0 aliphatic carbocycles. The van der Waals surface area contributed by atoms with Crippen LogP contribution in [-0.2, 0) is 17.6 Å². The molecule has 1 heterocycles. The van der Waals surface area contributed by atoms with E-state index < -0.39 is 0 Å². The zero-order valence-corrected chi connectivity index (χ0v) is 12.7. The first-order valence-electron chi connectivity index (χ1n) is 6.89. The molecule has 0 aliphatic rings. The molecule has 21 heavy (non-hydrogen) atoms. The lowest BCUT2D eigenvalue weighted by atomic mass is 10.0. The number of carbonyl (C=O) groups is 2. The minimum absolute atomic E-state index is 0.0576. The van der Waals surface area contributed by atoms with Crippen molar-refractivity contribution in [2.24, 2.45) is 0 Å². The van der Waals surface area contributed by atoms with Gasteiger partial charge in [-0.05, 0) is 54.5 Å². The Morgan fingerprint density at radius 1 is 1.24 bits per heavy atom. The van der Waals surface area contributed by atoms with E-state index in [2.05, 4.69) is 0 Å². The summed E-state index contributed by atoms with van der Waals surface area (Å²) in [4.78, 5) is 24.0. The van der Waals surface area contributed by atoms with E-state index in [0.29, 0.717) is 30.6 Å². The van der Waals surface area contributed by atoms with Crippen LogP contribution in [0.25, 0.3) is 0 Å². The van der Waals surface area contributed by atoms with Crippen molar-refractivity contribution < 1.29 is 14.0 Å². The van der Waals surface area contributed by atoms with Gasteiger partial charge in [-0.2, -0.15) is 0 Å². The number of Topliss-reactive ketones (excluding diaryl/α,β-unsaturated/α-hetero) is 2. The molecular weight excluding hydrogens is 287 g/mol. The Balaban J connectivity index is 1.90. The molecule has 0 spiro atoms. The van der Waals surface area contributed by atoms with E-state index in [4.69, 9.17) is 0 Å². The Morgan fingerprint density at radius 2 is 2.05 bits per heavy atom. The molecule has 110 valence electrons. The predicted octanol–water partition coefficient (Wildman–Crippen LogP) is 4.22. The minimum atomic E-state index is -0.249. The van der Waals surface area contributed by atoms with Crippen molar-refractivity contribution in [3.63, 3.8) is 0 Å². The third kappa shape index (κ3) is 4.60. The fraction of sp³-hybridized carbons (Fsp3) is 0.294. The Morgan fingerprint density at radius 3 is 2.76 bits per heavy atom. The number of aryl methyl sites for hydroxylation is 1. The highest BCUT2D eigenvalue weighted by atomic mass is 32.1. The topological polar surface area (TPSA) is 34.1 Å². The number of benzene rings is 1. The van der Waals surface area contributed by atoms with E-state index in [1.165, 1.54) is 30.4 Å². The third-order valence-corrected chi connectivity index (χ3v) is 4.20. The summed E-state index contributed by atoms with van der Waals surface area (Å²) in [7, 11) is 0. The van der Waals surface area contributed by atoms with Gasteiger partial charge in [-0.1, -0.05) is 12.1 Å². The smallest absolute Gasteiger partial charge is 0.173 e. The lowest BCUT2D eigenvalue weighted by molar-refractivity contribution is -0.116. The average molecular weight is 304 g/mol. The van der Waals surface area contributed by atoms with Crippen molar-refractivity contribution in [3.8, 4) is 0 Å². The number of ketones is 2. The van der Waals surface area contributed by atoms with E-state index in [1.54, 1.807) is 6.07 Å². The van der Waals surface area contributed by atoms with E-state index in [0.717, 1.165) is 11.1 Å². The van der Waals surface area contributed by atoms with Gasteiger partial charge in [0, 0.05) is 12.8 Å². The monoisotopic (exact) mass is 304 g/mol. The number of rotatable bonds is 7. The summed E-state index contributed by atoms with van der Waals surface area (Å²) in [5.74, 6) is -0.124. The second-order valence-corrected chi connectivity index (χ2v) is 5.98. The van der Waals surface area contributed by atoms with E-state index in [-0.39, 0.29) is 17.4 Å². The van der Waals surface area contributed by atoms with Crippen molar-refractivity contribution in [1.82, 2.24) is 0 Å². The van der Waals surface area contributed by atoms with Gasteiger partial charge >= 0.3 is 0 Å². The summed E-state index contributed by atoms with van der Waals surface area (Å²) < 4.78 is 13.1. The van der Waals surface area contributed by atoms with Crippen LogP contribution in [0.3, 0.4) is 0 Å². The second kappa shape index (κ2) is 7.27. The lowest BCUT2D eigenvalue weighted by Crippen LogP contribution is -2.04.